The van der Waals surface area contributed by atoms with Crippen LogP contribution in [0.15, 0.2) is 18.2 Å². The van der Waals surface area contributed by atoms with Crippen LogP contribution in [0.1, 0.15) is 18.4 Å². The van der Waals surface area contributed by atoms with Crippen LogP contribution in [0, 0.1) is 11.7 Å². The lowest BCUT2D eigenvalue weighted by atomic mass is 9.76. The predicted molar refractivity (Wildman–Crippen MR) is 55.8 cm³/mol. The second kappa shape index (κ2) is 3.87. The van der Waals surface area contributed by atoms with Gasteiger partial charge in [-0.05, 0) is 37.3 Å². The SMILES string of the molecule is NC1CCC1Cc1c(F)cccc1Cl. The van der Waals surface area contributed by atoms with Gasteiger partial charge in [0.15, 0.2) is 0 Å². The minimum atomic E-state index is -0.211. The summed E-state index contributed by atoms with van der Waals surface area (Å²) in [7, 11) is 0. The number of benzene rings is 1. The molecule has 1 fully saturated rings. The highest BCUT2D eigenvalue weighted by Gasteiger charge is 2.28. The van der Waals surface area contributed by atoms with E-state index in [0.29, 0.717) is 22.9 Å². The molecule has 0 bridgehead atoms. The molecule has 14 heavy (non-hydrogen) atoms. The molecule has 0 amide bonds. The monoisotopic (exact) mass is 213 g/mol. The van der Waals surface area contributed by atoms with Crippen molar-refractivity contribution in [3.63, 3.8) is 0 Å². The molecule has 3 heteroatoms. The van der Waals surface area contributed by atoms with Gasteiger partial charge in [-0.3, -0.25) is 0 Å². The Bertz CT molecular complexity index is 320. The molecule has 0 heterocycles. The first kappa shape index (κ1) is 9.94. The zero-order valence-corrected chi connectivity index (χ0v) is 8.60. The van der Waals surface area contributed by atoms with E-state index in [2.05, 4.69) is 0 Å². The van der Waals surface area contributed by atoms with E-state index >= 15 is 0 Å². The van der Waals surface area contributed by atoms with Crippen LogP contribution in [0.5, 0.6) is 0 Å². The Morgan fingerprint density at radius 1 is 1.43 bits per heavy atom. The predicted octanol–water partition coefficient (Wildman–Crippen LogP) is 2.76. The fourth-order valence-corrected chi connectivity index (χ4v) is 2.08. The highest BCUT2D eigenvalue weighted by molar-refractivity contribution is 6.31. The van der Waals surface area contributed by atoms with Gasteiger partial charge < -0.3 is 5.73 Å². The molecular weight excluding hydrogens is 201 g/mol. The van der Waals surface area contributed by atoms with Gasteiger partial charge in [-0.2, -0.15) is 0 Å². The molecule has 1 aliphatic carbocycles. The maximum Gasteiger partial charge on any atom is 0.127 e. The Kier molecular flexibility index (Phi) is 2.75. The molecule has 76 valence electrons. The lowest BCUT2D eigenvalue weighted by Gasteiger charge is -2.33. The van der Waals surface area contributed by atoms with Crippen molar-refractivity contribution in [2.24, 2.45) is 11.7 Å². The Morgan fingerprint density at radius 2 is 2.21 bits per heavy atom. The van der Waals surface area contributed by atoms with Crippen molar-refractivity contribution < 1.29 is 4.39 Å². The summed E-state index contributed by atoms with van der Waals surface area (Å²) in [4.78, 5) is 0. The molecule has 1 aliphatic rings. The quantitative estimate of drug-likeness (QED) is 0.803. The van der Waals surface area contributed by atoms with E-state index in [9.17, 15) is 4.39 Å². The summed E-state index contributed by atoms with van der Waals surface area (Å²) in [5.41, 5.74) is 6.42. The van der Waals surface area contributed by atoms with Crippen LogP contribution in [0.4, 0.5) is 4.39 Å². The van der Waals surface area contributed by atoms with Gasteiger partial charge in [-0.25, -0.2) is 4.39 Å². The van der Waals surface area contributed by atoms with Crippen LogP contribution in [-0.4, -0.2) is 6.04 Å². The summed E-state index contributed by atoms with van der Waals surface area (Å²) < 4.78 is 13.4. The van der Waals surface area contributed by atoms with Gasteiger partial charge in [0.05, 0.1) is 0 Å². The van der Waals surface area contributed by atoms with Crippen molar-refractivity contribution in [2.75, 3.05) is 0 Å². The maximum absolute atomic E-state index is 13.4. The van der Waals surface area contributed by atoms with Crippen LogP contribution in [0.3, 0.4) is 0 Å². The smallest absolute Gasteiger partial charge is 0.127 e. The van der Waals surface area contributed by atoms with E-state index in [1.54, 1.807) is 12.1 Å². The van der Waals surface area contributed by atoms with Crippen LogP contribution in [0.25, 0.3) is 0 Å². The molecule has 0 aliphatic heterocycles. The van der Waals surface area contributed by atoms with E-state index in [1.807, 2.05) is 0 Å². The second-order valence-corrected chi connectivity index (χ2v) is 4.31. The molecule has 1 saturated carbocycles. The van der Waals surface area contributed by atoms with Crippen LogP contribution >= 0.6 is 11.6 Å². The molecule has 2 unspecified atom stereocenters. The van der Waals surface area contributed by atoms with Crippen LogP contribution in [0.2, 0.25) is 5.02 Å². The number of rotatable bonds is 2. The largest absolute Gasteiger partial charge is 0.327 e. The zero-order chi connectivity index (χ0) is 10.1. The van der Waals surface area contributed by atoms with E-state index in [-0.39, 0.29) is 11.9 Å². The van der Waals surface area contributed by atoms with Gasteiger partial charge in [0.25, 0.3) is 0 Å². The molecule has 1 nitrogen and oxygen atoms in total. The molecule has 2 N–H and O–H groups in total. The molecular formula is C11H13ClFN. The lowest BCUT2D eigenvalue weighted by Crippen LogP contribution is -2.40. The molecule has 0 spiro atoms. The van der Waals surface area contributed by atoms with Gasteiger partial charge in [0.2, 0.25) is 0 Å². The Balaban J connectivity index is 2.15. The van der Waals surface area contributed by atoms with Gasteiger partial charge in [0, 0.05) is 16.6 Å². The Hall–Kier alpha value is -0.600. The van der Waals surface area contributed by atoms with Gasteiger partial charge in [-0.1, -0.05) is 17.7 Å². The third-order valence-electron chi connectivity index (χ3n) is 3.00. The van der Waals surface area contributed by atoms with Crippen molar-refractivity contribution in [1.82, 2.24) is 0 Å². The third kappa shape index (κ3) is 1.77. The van der Waals surface area contributed by atoms with Gasteiger partial charge >= 0.3 is 0 Å². The zero-order valence-electron chi connectivity index (χ0n) is 7.84. The number of hydrogen-bond acceptors (Lipinski definition) is 1. The van der Waals surface area contributed by atoms with E-state index in [1.165, 1.54) is 6.07 Å². The summed E-state index contributed by atoms with van der Waals surface area (Å²) in [6, 6.07) is 5.03. The molecule has 1 aromatic rings. The molecule has 0 aromatic heterocycles. The summed E-state index contributed by atoms with van der Waals surface area (Å²) in [6.07, 6.45) is 2.81. The lowest BCUT2D eigenvalue weighted by molar-refractivity contribution is 0.253. The summed E-state index contributed by atoms with van der Waals surface area (Å²) in [6.45, 7) is 0. The average Bonchev–Trinajstić information content (AvgIpc) is 2.15. The first-order valence-corrected chi connectivity index (χ1v) is 5.24. The van der Waals surface area contributed by atoms with E-state index in [4.69, 9.17) is 17.3 Å². The maximum atomic E-state index is 13.4. The third-order valence-corrected chi connectivity index (χ3v) is 3.36. The highest BCUT2D eigenvalue weighted by Crippen LogP contribution is 2.32. The van der Waals surface area contributed by atoms with E-state index < -0.39 is 0 Å². The van der Waals surface area contributed by atoms with Crippen LogP contribution < -0.4 is 5.73 Å². The molecule has 0 radical (unpaired) electrons. The van der Waals surface area contributed by atoms with Gasteiger partial charge in [0.1, 0.15) is 5.82 Å². The fraction of sp³-hybridized carbons (Fsp3) is 0.455. The number of hydrogen-bond donors (Lipinski definition) is 1. The standard InChI is InChI=1S/C11H13ClFN/c12-9-2-1-3-10(13)8(9)6-7-4-5-11(7)14/h1-3,7,11H,4-6,14H2. The normalized spacial score (nSPS) is 25.9. The first-order chi connectivity index (χ1) is 6.68. The molecule has 2 rings (SSSR count). The average molecular weight is 214 g/mol. The Labute approximate surface area is 88.1 Å². The van der Waals surface area contributed by atoms with Crippen LogP contribution in [-0.2, 0) is 6.42 Å². The topological polar surface area (TPSA) is 26.0 Å². The van der Waals surface area contributed by atoms with Crippen molar-refractivity contribution in [1.29, 1.82) is 0 Å². The van der Waals surface area contributed by atoms with Crippen molar-refractivity contribution in [2.45, 2.75) is 25.3 Å². The molecule has 0 saturated heterocycles. The summed E-state index contributed by atoms with van der Waals surface area (Å²) >= 11 is 5.92. The van der Waals surface area contributed by atoms with Crippen molar-refractivity contribution in [3.8, 4) is 0 Å². The second-order valence-electron chi connectivity index (χ2n) is 3.91. The fourth-order valence-electron chi connectivity index (χ4n) is 1.84. The minimum Gasteiger partial charge on any atom is -0.327 e. The number of nitrogens with two attached hydrogens (primary N) is 1. The highest BCUT2D eigenvalue weighted by atomic mass is 35.5. The summed E-state index contributed by atoms with van der Waals surface area (Å²) in [5, 5.41) is 0.518. The summed E-state index contributed by atoms with van der Waals surface area (Å²) in [5.74, 6) is 0.195. The van der Waals surface area contributed by atoms with E-state index in [0.717, 1.165) is 12.8 Å². The Morgan fingerprint density at radius 3 is 2.71 bits per heavy atom. The molecule has 2 atom stereocenters. The minimum absolute atomic E-state index is 0.211. The molecule has 1 aromatic carbocycles. The first-order valence-electron chi connectivity index (χ1n) is 4.87. The van der Waals surface area contributed by atoms with Crippen molar-refractivity contribution in [3.05, 3.63) is 34.6 Å². The van der Waals surface area contributed by atoms with Crippen molar-refractivity contribution >= 4 is 11.6 Å². The van der Waals surface area contributed by atoms with Gasteiger partial charge in [-0.15, -0.1) is 0 Å². The number of halogens is 2.